The van der Waals surface area contributed by atoms with Crippen LogP contribution in [0.2, 0.25) is 0 Å². The monoisotopic (exact) mass is 250 g/mol. The van der Waals surface area contributed by atoms with E-state index >= 15 is 0 Å². The molecule has 0 aliphatic heterocycles. The smallest absolute Gasteiger partial charge is 0.230 e. The van der Waals surface area contributed by atoms with Crippen molar-refractivity contribution < 1.29 is 9.53 Å². The molecule has 18 heavy (non-hydrogen) atoms. The lowest BCUT2D eigenvalue weighted by Gasteiger charge is -2.22. The normalized spacial score (nSPS) is 12.1. The minimum Gasteiger partial charge on any atom is -0.496 e. The lowest BCUT2D eigenvalue weighted by atomic mass is 10.1. The molecule has 1 rings (SSSR count). The molecule has 0 saturated heterocycles. The number of methoxy groups -OCH3 is 1. The second kappa shape index (κ2) is 5.87. The topological polar surface area (TPSA) is 55.6 Å². The molecule has 100 valence electrons. The van der Waals surface area contributed by atoms with Gasteiger partial charge in [0.1, 0.15) is 5.75 Å². The maximum absolute atomic E-state index is 12.1. The highest BCUT2D eigenvalue weighted by Crippen LogP contribution is 2.28. The van der Waals surface area contributed by atoms with Crippen LogP contribution in [0.1, 0.15) is 18.1 Å². The Labute approximate surface area is 109 Å². The highest BCUT2D eigenvalue weighted by atomic mass is 16.5. The molecule has 1 unspecified atom stereocenters. The molecular formula is C14H22N2O2. The van der Waals surface area contributed by atoms with E-state index in [9.17, 15) is 4.79 Å². The molecule has 0 saturated carbocycles. The van der Waals surface area contributed by atoms with E-state index in [-0.39, 0.29) is 11.8 Å². The van der Waals surface area contributed by atoms with Crippen molar-refractivity contribution in [3.8, 4) is 5.75 Å². The third kappa shape index (κ3) is 2.82. The van der Waals surface area contributed by atoms with Gasteiger partial charge < -0.3 is 15.4 Å². The molecule has 1 amide bonds. The average Bonchev–Trinajstić information content (AvgIpc) is 2.35. The molecule has 0 heterocycles. The highest BCUT2D eigenvalue weighted by molar-refractivity contribution is 5.94. The first-order chi connectivity index (χ1) is 8.42. The maximum atomic E-state index is 12.1. The van der Waals surface area contributed by atoms with Gasteiger partial charge in [-0.15, -0.1) is 0 Å². The molecule has 1 aromatic rings. The summed E-state index contributed by atoms with van der Waals surface area (Å²) < 4.78 is 5.32. The Morgan fingerprint density at radius 3 is 2.28 bits per heavy atom. The van der Waals surface area contributed by atoms with Crippen molar-refractivity contribution in [1.82, 2.24) is 0 Å². The first kappa shape index (κ1) is 14.5. The Hall–Kier alpha value is -1.55. The van der Waals surface area contributed by atoms with Gasteiger partial charge in [-0.25, -0.2) is 0 Å². The van der Waals surface area contributed by atoms with Crippen LogP contribution in [-0.4, -0.2) is 26.6 Å². The molecule has 0 aliphatic carbocycles. The molecule has 2 N–H and O–H groups in total. The number of nitrogens with zero attached hydrogens (tertiary/aromatic N) is 1. The molecule has 0 aliphatic rings. The minimum atomic E-state index is -0.169. The van der Waals surface area contributed by atoms with Gasteiger partial charge in [-0.05, 0) is 37.1 Å². The number of aryl methyl sites for hydroxylation is 2. The third-order valence-electron chi connectivity index (χ3n) is 3.14. The fourth-order valence-corrected chi connectivity index (χ4v) is 2.00. The Bertz CT molecular complexity index is 420. The highest BCUT2D eigenvalue weighted by Gasteiger charge is 2.18. The van der Waals surface area contributed by atoms with Gasteiger partial charge in [0.2, 0.25) is 5.91 Å². The zero-order valence-electron chi connectivity index (χ0n) is 11.8. The lowest BCUT2D eigenvalue weighted by Crippen LogP contribution is -2.35. The molecule has 1 atom stereocenters. The van der Waals surface area contributed by atoms with Gasteiger partial charge in [-0.1, -0.05) is 6.92 Å². The van der Waals surface area contributed by atoms with Gasteiger partial charge in [-0.3, -0.25) is 4.79 Å². The van der Waals surface area contributed by atoms with Gasteiger partial charge in [0, 0.05) is 25.2 Å². The van der Waals surface area contributed by atoms with E-state index in [4.69, 9.17) is 10.5 Å². The van der Waals surface area contributed by atoms with E-state index in [1.165, 1.54) is 0 Å². The summed E-state index contributed by atoms with van der Waals surface area (Å²) in [6, 6.07) is 3.90. The predicted octanol–water partition coefficient (Wildman–Crippen LogP) is 1.87. The van der Waals surface area contributed by atoms with Crippen LogP contribution in [0, 0.1) is 19.8 Å². The summed E-state index contributed by atoms with van der Waals surface area (Å²) in [6.07, 6.45) is 0. The van der Waals surface area contributed by atoms with Crippen LogP contribution in [-0.2, 0) is 4.79 Å². The number of amides is 1. The first-order valence-electron chi connectivity index (χ1n) is 6.05. The van der Waals surface area contributed by atoms with Crippen LogP contribution < -0.4 is 15.4 Å². The second-order valence-electron chi connectivity index (χ2n) is 4.65. The number of hydrogen-bond acceptors (Lipinski definition) is 3. The Kier molecular flexibility index (Phi) is 4.73. The first-order valence-corrected chi connectivity index (χ1v) is 6.05. The van der Waals surface area contributed by atoms with Crippen molar-refractivity contribution >= 4 is 11.6 Å². The summed E-state index contributed by atoms with van der Waals surface area (Å²) in [5.74, 6) is 0.727. The van der Waals surface area contributed by atoms with Crippen molar-refractivity contribution in [2.45, 2.75) is 20.8 Å². The van der Waals surface area contributed by atoms with Gasteiger partial charge in [0.15, 0.2) is 0 Å². The number of hydrogen-bond donors (Lipinski definition) is 1. The van der Waals surface area contributed by atoms with Crippen molar-refractivity contribution in [3.05, 3.63) is 23.3 Å². The van der Waals surface area contributed by atoms with Gasteiger partial charge in [-0.2, -0.15) is 0 Å². The van der Waals surface area contributed by atoms with Crippen molar-refractivity contribution in [2.75, 3.05) is 25.6 Å². The summed E-state index contributed by atoms with van der Waals surface area (Å²) in [5, 5.41) is 0. The Morgan fingerprint density at radius 1 is 1.39 bits per heavy atom. The summed E-state index contributed by atoms with van der Waals surface area (Å²) in [7, 11) is 3.43. The number of carbonyl (C=O) groups excluding carboxylic acids is 1. The standard InChI is InChI=1S/C14H22N2O2/c1-9-6-12(7-10(2)13(9)18-5)16(4)14(17)11(3)8-15/h6-7,11H,8,15H2,1-5H3. The molecular weight excluding hydrogens is 228 g/mol. The van der Waals surface area contributed by atoms with Crippen LogP contribution in [0.4, 0.5) is 5.69 Å². The predicted molar refractivity (Wildman–Crippen MR) is 74.1 cm³/mol. The van der Waals surface area contributed by atoms with E-state index in [1.807, 2.05) is 32.9 Å². The van der Waals surface area contributed by atoms with Crippen LogP contribution in [0.15, 0.2) is 12.1 Å². The third-order valence-corrected chi connectivity index (χ3v) is 3.14. The van der Waals surface area contributed by atoms with Gasteiger partial charge >= 0.3 is 0 Å². The molecule has 4 nitrogen and oxygen atoms in total. The van der Waals surface area contributed by atoms with Crippen molar-refractivity contribution in [3.63, 3.8) is 0 Å². The molecule has 1 aromatic carbocycles. The minimum absolute atomic E-state index is 0.0291. The fourth-order valence-electron chi connectivity index (χ4n) is 2.00. The summed E-state index contributed by atoms with van der Waals surface area (Å²) >= 11 is 0. The van der Waals surface area contributed by atoms with E-state index in [0.29, 0.717) is 6.54 Å². The van der Waals surface area contributed by atoms with Crippen LogP contribution in [0.5, 0.6) is 5.75 Å². The maximum Gasteiger partial charge on any atom is 0.230 e. The Morgan fingerprint density at radius 2 is 1.89 bits per heavy atom. The summed E-state index contributed by atoms with van der Waals surface area (Å²) in [5.41, 5.74) is 8.44. The molecule has 0 bridgehead atoms. The van der Waals surface area contributed by atoms with Crippen LogP contribution in [0.25, 0.3) is 0 Å². The van der Waals surface area contributed by atoms with Crippen molar-refractivity contribution in [2.24, 2.45) is 11.7 Å². The lowest BCUT2D eigenvalue weighted by molar-refractivity contribution is -0.121. The number of anilines is 1. The van der Waals surface area contributed by atoms with E-state index < -0.39 is 0 Å². The number of nitrogens with two attached hydrogens (primary N) is 1. The molecule has 0 fully saturated rings. The van der Waals surface area contributed by atoms with Crippen LogP contribution in [0.3, 0.4) is 0 Å². The number of ether oxygens (including phenoxy) is 1. The largest absolute Gasteiger partial charge is 0.496 e. The fraction of sp³-hybridized carbons (Fsp3) is 0.500. The van der Waals surface area contributed by atoms with Gasteiger partial charge in [0.05, 0.1) is 7.11 Å². The average molecular weight is 250 g/mol. The molecule has 0 spiro atoms. The summed E-state index contributed by atoms with van der Waals surface area (Å²) in [4.78, 5) is 13.7. The number of benzene rings is 1. The zero-order valence-corrected chi connectivity index (χ0v) is 11.8. The SMILES string of the molecule is COc1c(C)cc(N(C)C(=O)C(C)CN)cc1C. The van der Waals surface area contributed by atoms with Gasteiger partial charge in [0.25, 0.3) is 0 Å². The van der Waals surface area contributed by atoms with E-state index in [1.54, 1.807) is 19.1 Å². The number of rotatable bonds is 4. The van der Waals surface area contributed by atoms with Crippen LogP contribution >= 0.6 is 0 Å². The quantitative estimate of drug-likeness (QED) is 0.887. The van der Waals surface area contributed by atoms with E-state index in [0.717, 1.165) is 22.6 Å². The second-order valence-corrected chi connectivity index (χ2v) is 4.65. The van der Waals surface area contributed by atoms with Crippen molar-refractivity contribution in [1.29, 1.82) is 0 Å². The summed E-state index contributed by atoms with van der Waals surface area (Å²) in [6.45, 7) is 6.14. The number of carbonyl (C=O) groups is 1. The molecule has 0 aromatic heterocycles. The zero-order chi connectivity index (χ0) is 13.9. The molecule has 4 heteroatoms. The van der Waals surface area contributed by atoms with E-state index in [2.05, 4.69) is 0 Å². The Balaban J connectivity index is 3.08. The molecule has 0 radical (unpaired) electrons.